The summed E-state index contributed by atoms with van der Waals surface area (Å²) in [5.41, 5.74) is 0. The number of phenolic OH excluding ortho intramolecular Hbond substituents is 3. The Bertz CT molecular complexity index is 1820. The summed E-state index contributed by atoms with van der Waals surface area (Å²) in [4.78, 5) is 0. The van der Waals surface area contributed by atoms with Crippen LogP contribution in [0.4, 0.5) is 0 Å². The van der Waals surface area contributed by atoms with Gasteiger partial charge in [0.25, 0.3) is 0 Å². The van der Waals surface area contributed by atoms with Gasteiger partial charge in [-0.15, -0.1) is 0 Å². The van der Waals surface area contributed by atoms with Crippen molar-refractivity contribution in [2.24, 2.45) is 0 Å². The second-order valence-corrected chi connectivity index (χ2v) is 8.62. The average molecular weight is 479 g/mol. The van der Waals surface area contributed by atoms with E-state index in [1.807, 2.05) is 48.5 Å². The quantitative estimate of drug-likeness (QED) is 0.232. The van der Waals surface area contributed by atoms with E-state index < -0.39 is 0 Å². The molecule has 6 aromatic carbocycles. The number of rotatable bonds is 4. The van der Waals surface area contributed by atoms with Gasteiger partial charge < -0.3 is 29.5 Å². The minimum atomic E-state index is -0.0479. The first-order chi connectivity index (χ1) is 17.5. The number of hydrogen-bond acceptors (Lipinski definition) is 6. The standard InChI is InChI=1S/C30H22O6/c1-34-26-14-20(32)12-18-4-3-17-13-21(7-10-22(17)28(18)26)36-30-24-8-5-16-11-19(31)6-9-23(16)29(24)27(35-2)15-25(30)33/h3-15,31-33H,1-2H3. The summed E-state index contributed by atoms with van der Waals surface area (Å²) in [6.45, 7) is 0. The summed E-state index contributed by atoms with van der Waals surface area (Å²) in [5.74, 6) is 2.21. The highest BCUT2D eigenvalue weighted by Gasteiger charge is 2.18. The summed E-state index contributed by atoms with van der Waals surface area (Å²) < 4.78 is 17.4. The van der Waals surface area contributed by atoms with E-state index in [0.29, 0.717) is 28.4 Å². The van der Waals surface area contributed by atoms with E-state index in [2.05, 4.69) is 0 Å². The van der Waals surface area contributed by atoms with Crippen LogP contribution in [0.1, 0.15) is 0 Å². The Morgan fingerprint density at radius 3 is 1.94 bits per heavy atom. The maximum Gasteiger partial charge on any atom is 0.177 e. The summed E-state index contributed by atoms with van der Waals surface area (Å²) in [7, 11) is 3.13. The van der Waals surface area contributed by atoms with Crippen molar-refractivity contribution in [2.45, 2.75) is 0 Å². The Hall–Kier alpha value is -4.84. The van der Waals surface area contributed by atoms with Gasteiger partial charge in [-0.05, 0) is 75.5 Å². The zero-order chi connectivity index (χ0) is 25.0. The molecule has 0 spiro atoms. The molecule has 0 heterocycles. The second-order valence-electron chi connectivity index (χ2n) is 8.62. The number of phenols is 3. The van der Waals surface area contributed by atoms with Crippen molar-refractivity contribution in [1.82, 2.24) is 0 Å². The largest absolute Gasteiger partial charge is 0.508 e. The molecular formula is C30H22O6. The van der Waals surface area contributed by atoms with Crippen molar-refractivity contribution >= 4 is 43.1 Å². The van der Waals surface area contributed by atoms with E-state index >= 15 is 0 Å². The van der Waals surface area contributed by atoms with Crippen molar-refractivity contribution in [2.75, 3.05) is 14.2 Å². The van der Waals surface area contributed by atoms with Gasteiger partial charge in [-0.25, -0.2) is 0 Å². The lowest BCUT2D eigenvalue weighted by Crippen LogP contribution is -1.92. The molecule has 3 N–H and O–H groups in total. The summed E-state index contributed by atoms with van der Waals surface area (Å²) >= 11 is 0. The summed E-state index contributed by atoms with van der Waals surface area (Å²) in [6.07, 6.45) is 0. The lowest BCUT2D eigenvalue weighted by atomic mass is 9.99. The van der Waals surface area contributed by atoms with Gasteiger partial charge in [-0.3, -0.25) is 0 Å². The third-order valence-electron chi connectivity index (χ3n) is 6.51. The maximum atomic E-state index is 10.9. The highest BCUT2D eigenvalue weighted by atomic mass is 16.5. The number of ether oxygens (including phenoxy) is 3. The second kappa shape index (κ2) is 8.13. The van der Waals surface area contributed by atoms with Gasteiger partial charge in [0, 0.05) is 28.3 Å². The fourth-order valence-electron chi connectivity index (χ4n) is 4.91. The minimum Gasteiger partial charge on any atom is -0.508 e. The first-order valence-corrected chi connectivity index (χ1v) is 11.3. The number of hydrogen-bond donors (Lipinski definition) is 3. The highest BCUT2D eigenvalue weighted by Crippen LogP contribution is 2.46. The van der Waals surface area contributed by atoms with Gasteiger partial charge in [0.15, 0.2) is 11.5 Å². The van der Waals surface area contributed by atoms with E-state index in [0.717, 1.165) is 37.7 Å². The Balaban J connectivity index is 1.53. The zero-order valence-electron chi connectivity index (χ0n) is 19.6. The van der Waals surface area contributed by atoms with E-state index in [-0.39, 0.29) is 17.2 Å². The molecule has 0 atom stereocenters. The third-order valence-corrected chi connectivity index (χ3v) is 6.51. The lowest BCUT2D eigenvalue weighted by molar-refractivity contribution is 0.397. The Morgan fingerprint density at radius 2 is 1.14 bits per heavy atom. The van der Waals surface area contributed by atoms with Crippen LogP contribution >= 0.6 is 0 Å². The van der Waals surface area contributed by atoms with Crippen LogP contribution < -0.4 is 14.2 Å². The number of methoxy groups -OCH3 is 2. The van der Waals surface area contributed by atoms with Crippen LogP contribution in [0.2, 0.25) is 0 Å². The predicted octanol–water partition coefficient (Wildman–Crippen LogP) is 7.23. The molecule has 0 fully saturated rings. The summed E-state index contributed by atoms with van der Waals surface area (Å²) in [5, 5.41) is 37.6. The monoisotopic (exact) mass is 478 g/mol. The molecule has 6 nitrogen and oxygen atoms in total. The van der Waals surface area contributed by atoms with Crippen LogP contribution in [0.3, 0.4) is 0 Å². The molecule has 6 aromatic rings. The molecule has 0 amide bonds. The van der Waals surface area contributed by atoms with E-state index in [1.54, 1.807) is 38.5 Å². The molecule has 0 bridgehead atoms. The van der Waals surface area contributed by atoms with Gasteiger partial charge >= 0.3 is 0 Å². The number of benzene rings is 6. The van der Waals surface area contributed by atoms with Crippen LogP contribution in [-0.2, 0) is 0 Å². The van der Waals surface area contributed by atoms with E-state index in [9.17, 15) is 15.3 Å². The normalized spacial score (nSPS) is 11.4. The molecule has 36 heavy (non-hydrogen) atoms. The predicted molar refractivity (Wildman–Crippen MR) is 141 cm³/mol. The van der Waals surface area contributed by atoms with Gasteiger partial charge in [0.2, 0.25) is 0 Å². The average Bonchev–Trinajstić information content (AvgIpc) is 2.88. The molecule has 178 valence electrons. The van der Waals surface area contributed by atoms with Gasteiger partial charge in [-0.2, -0.15) is 0 Å². The van der Waals surface area contributed by atoms with Crippen molar-refractivity contribution in [1.29, 1.82) is 0 Å². The molecule has 0 unspecified atom stereocenters. The smallest absolute Gasteiger partial charge is 0.177 e. The highest BCUT2D eigenvalue weighted by molar-refractivity contribution is 6.14. The fourth-order valence-corrected chi connectivity index (χ4v) is 4.91. The Labute approximate surface area is 206 Å². The topological polar surface area (TPSA) is 88.4 Å². The molecule has 6 heteroatoms. The number of fused-ring (bicyclic) bond motifs is 6. The minimum absolute atomic E-state index is 0.0479. The Kier molecular flexibility index (Phi) is 4.90. The molecule has 0 saturated heterocycles. The molecule has 6 rings (SSSR count). The van der Waals surface area contributed by atoms with Crippen molar-refractivity contribution in [3.63, 3.8) is 0 Å². The molecule has 0 saturated carbocycles. The first kappa shape index (κ1) is 21.7. The van der Waals surface area contributed by atoms with Crippen molar-refractivity contribution in [3.8, 4) is 40.2 Å². The van der Waals surface area contributed by atoms with Gasteiger partial charge in [0.1, 0.15) is 28.7 Å². The fraction of sp³-hybridized carbons (Fsp3) is 0.0667. The van der Waals surface area contributed by atoms with Crippen molar-refractivity contribution in [3.05, 3.63) is 78.9 Å². The lowest BCUT2D eigenvalue weighted by Gasteiger charge is -2.16. The van der Waals surface area contributed by atoms with E-state index in [1.165, 1.54) is 6.07 Å². The first-order valence-electron chi connectivity index (χ1n) is 11.3. The van der Waals surface area contributed by atoms with Crippen LogP contribution in [-0.4, -0.2) is 29.5 Å². The Morgan fingerprint density at radius 1 is 0.528 bits per heavy atom. The molecule has 0 aliphatic carbocycles. The third kappa shape index (κ3) is 3.34. The van der Waals surface area contributed by atoms with Gasteiger partial charge in [0.05, 0.1) is 14.2 Å². The molecule has 0 aromatic heterocycles. The molecular weight excluding hydrogens is 456 g/mol. The van der Waals surface area contributed by atoms with Crippen LogP contribution in [0.5, 0.6) is 40.2 Å². The van der Waals surface area contributed by atoms with E-state index in [4.69, 9.17) is 14.2 Å². The van der Waals surface area contributed by atoms with Crippen molar-refractivity contribution < 1.29 is 29.5 Å². The number of aromatic hydroxyl groups is 3. The SMILES string of the molecule is COc1cc(O)cc2ccc3cc(Oc4c(O)cc(OC)c5c4ccc4cc(O)ccc45)ccc3c12. The zero-order valence-corrected chi connectivity index (χ0v) is 19.6. The van der Waals surface area contributed by atoms with Crippen LogP contribution in [0.25, 0.3) is 43.1 Å². The van der Waals surface area contributed by atoms with Crippen LogP contribution in [0.15, 0.2) is 78.9 Å². The maximum absolute atomic E-state index is 10.9. The van der Waals surface area contributed by atoms with Crippen LogP contribution in [0, 0.1) is 0 Å². The molecule has 0 radical (unpaired) electrons. The molecule has 0 aliphatic rings. The van der Waals surface area contributed by atoms with Gasteiger partial charge in [-0.1, -0.05) is 18.2 Å². The summed E-state index contributed by atoms with van der Waals surface area (Å²) in [6, 6.07) is 23.2. The molecule has 0 aliphatic heterocycles.